The monoisotopic (exact) mass is 350 g/mol. The first-order valence-corrected chi connectivity index (χ1v) is 7.61. The molecule has 0 bridgehead atoms. The molecule has 1 fully saturated rings. The van der Waals surface area contributed by atoms with Crippen molar-refractivity contribution in [1.29, 1.82) is 0 Å². The van der Waals surface area contributed by atoms with Gasteiger partial charge in [0, 0.05) is 32.6 Å². The molecule has 1 heterocycles. The predicted octanol–water partition coefficient (Wildman–Crippen LogP) is 3.62. The maximum Gasteiger partial charge on any atom is 0.416 e. The van der Waals surface area contributed by atoms with Crippen LogP contribution in [-0.4, -0.2) is 30.4 Å². The minimum atomic E-state index is -4.31. The molecule has 1 aromatic rings. The van der Waals surface area contributed by atoms with Gasteiger partial charge in [0.25, 0.3) is 0 Å². The van der Waals surface area contributed by atoms with Crippen molar-refractivity contribution < 1.29 is 18.0 Å². The number of alkyl halides is 3. The Bertz CT molecular complexity index is 508. The summed E-state index contributed by atoms with van der Waals surface area (Å²) in [6.45, 7) is 2.34. The van der Waals surface area contributed by atoms with Crippen molar-refractivity contribution in [3.05, 3.63) is 35.4 Å². The molecule has 130 valence electrons. The largest absolute Gasteiger partial charge is 0.416 e. The fraction of sp³-hybridized carbons (Fsp3) is 0.562. The maximum absolute atomic E-state index is 12.6. The third-order valence-electron chi connectivity index (χ3n) is 3.81. The van der Waals surface area contributed by atoms with Crippen molar-refractivity contribution in [3.8, 4) is 0 Å². The van der Waals surface area contributed by atoms with Gasteiger partial charge in [0.1, 0.15) is 0 Å². The van der Waals surface area contributed by atoms with E-state index in [0.29, 0.717) is 31.6 Å². The Kier molecular flexibility index (Phi) is 7.85. The topological polar surface area (TPSA) is 32.3 Å². The van der Waals surface area contributed by atoms with Crippen LogP contribution in [0.2, 0.25) is 0 Å². The van der Waals surface area contributed by atoms with Gasteiger partial charge in [-0.3, -0.25) is 4.79 Å². The van der Waals surface area contributed by atoms with E-state index in [1.54, 1.807) is 6.07 Å². The first kappa shape index (κ1) is 19.8. The van der Waals surface area contributed by atoms with E-state index in [0.717, 1.165) is 37.9 Å². The first-order chi connectivity index (χ1) is 10.5. The number of carbonyl (C=O) groups excluding carboxylic acids is 1. The summed E-state index contributed by atoms with van der Waals surface area (Å²) in [5.41, 5.74) is -0.0356. The minimum Gasteiger partial charge on any atom is -0.341 e. The summed E-state index contributed by atoms with van der Waals surface area (Å²) >= 11 is 0. The van der Waals surface area contributed by atoms with Gasteiger partial charge in [-0.2, -0.15) is 13.2 Å². The molecule has 1 saturated heterocycles. The van der Waals surface area contributed by atoms with E-state index < -0.39 is 11.7 Å². The molecule has 0 saturated carbocycles. The van der Waals surface area contributed by atoms with E-state index in [4.69, 9.17) is 0 Å². The van der Waals surface area contributed by atoms with Crippen molar-refractivity contribution in [2.75, 3.05) is 19.6 Å². The van der Waals surface area contributed by atoms with E-state index in [9.17, 15) is 18.0 Å². The smallest absolute Gasteiger partial charge is 0.341 e. The highest BCUT2D eigenvalue weighted by Gasteiger charge is 2.30. The number of nitrogens with one attached hydrogen (secondary N) is 1. The lowest BCUT2D eigenvalue weighted by Crippen LogP contribution is -2.36. The molecule has 7 heteroatoms. The van der Waals surface area contributed by atoms with E-state index >= 15 is 0 Å². The lowest BCUT2D eigenvalue weighted by atomic mass is 10.1. The predicted molar refractivity (Wildman–Crippen MR) is 85.4 cm³/mol. The summed E-state index contributed by atoms with van der Waals surface area (Å²) in [5, 5.41) is 3.11. The van der Waals surface area contributed by atoms with Gasteiger partial charge in [-0.15, -0.1) is 12.4 Å². The van der Waals surface area contributed by atoms with Crippen LogP contribution in [0.3, 0.4) is 0 Å². The molecule has 2 rings (SSSR count). The molecule has 1 aliphatic rings. The molecule has 0 radical (unpaired) electrons. The number of amides is 1. The first-order valence-electron chi connectivity index (χ1n) is 7.61. The Morgan fingerprint density at radius 2 is 1.96 bits per heavy atom. The zero-order valence-electron chi connectivity index (χ0n) is 12.9. The zero-order chi connectivity index (χ0) is 16.0. The number of carbonyl (C=O) groups is 1. The maximum atomic E-state index is 12.6. The van der Waals surface area contributed by atoms with Crippen LogP contribution in [0.15, 0.2) is 24.3 Å². The molecular weight excluding hydrogens is 329 g/mol. The van der Waals surface area contributed by atoms with Crippen molar-refractivity contribution in [1.82, 2.24) is 10.2 Å². The van der Waals surface area contributed by atoms with Crippen LogP contribution in [0.1, 0.15) is 36.8 Å². The Hall–Kier alpha value is -1.27. The van der Waals surface area contributed by atoms with Gasteiger partial charge in [-0.25, -0.2) is 0 Å². The van der Waals surface area contributed by atoms with Crippen molar-refractivity contribution in [3.63, 3.8) is 0 Å². The summed E-state index contributed by atoms with van der Waals surface area (Å²) < 4.78 is 37.8. The fourth-order valence-electron chi connectivity index (χ4n) is 2.58. The lowest BCUT2D eigenvalue weighted by molar-refractivity contribution is -0.137. The molecule has 1 aliphatic heterocycles. The summed E-state index contributed by atoms with van der Waals surface area (Å²) in [4.78, 5) is 13.6. The Morgan fingerprint density at radius 1 is 1.17 bits per heavy atom. The van der Waals surface area contributed by atoms with E-state index in [-0.39, 0.29) is 18.3 Å². The zero-order valence-corrected chi connectivity index (χ0v) is 13.7. The fourth-order valence-corrected chi connectivity index (χ4v) is 2.58. The molecule has 0 aromatic heterocycles. The molecule has 0 aliphatic carbocycles. The number of hydrogen-bond donors (Lipinski definition) is 1. The van der Waals surface area contributed by atoms with Gasteiger partial charge >= 0.3 is 6.18 Å². The van der Waals surface area contributed by atoms with Crippen LogP contribution in [-0.2, 0) is 17.5 Å². The Morgan fingerprint density at radius 3 is 2.70 bits per heavy atom. The molecule has 23 heavy (non-hydrogen) atoms. The van der Waals surface area contributed by atoms with Gasteiger partial charge < -0.3 is 10.2 Å². The highest BCUT2D eigenvalue weighted by Crippen LogP contribution is 2.29. The summed E-state index contributed by atoms with van der Waals surface area (Å²) in [7, 11) is 0. The van der Waals surface area contributed by atoms with Crippen molar-refractivity contribution in [2.24, 2.45) is 0 Å². The second-order valence-electron chi connectivity index (χ2n) is 5.57. The highest BCUT2D eigenvalue weighted by atomic mass is 35.5. The Balaban J connectivity index is 0.00000264. The van der Waals surface area contributed by atoms with Gasteiger partial charge in [0.05, 0.1) is 5.56 Å². The van der Waals surface area contributed by atoms with Gasteiger partial charge in [-0.05, 0) is 24.5 Å². The number of likely N-dealkylation sites (tertiary alicyclic amines) is 1. The molecule has 0 unspecified atom stereocenters. The molecule has 1 N–H and O–H groups in total. The molecule has 1 aromatic carbocycles. The van der Waals surface area contributed by atoms with Crippen LogP contribution in [0.25, 0.3) is 0 Å². The third kappa shape index (κ3) is 6.39. The third-order valence-corrected chi connectivity index (χ3v) is 3.81. The van der Waals surface area contributed by atoms with E-state index in [1.807, 2.05) is 4.90 Å². The Labute approximate surface area is 140 Å². The van der Waals surface area contributed by atoms with Crippen LogP contribution in [0.5, 0.6) is 0 Å². The molecular formula is C16H22ClF3N2O. The van der Waals surface area contributed by atoms with Crippen LogP contribution in [0.4, 0.5) is 13.2 Å². The van der Waals surface area contributed by atoms with Crippen molar-refractivity contribution in [2.45, 2.75) is 38.4 Å². The number of halogens is 4. The summed E-state index contributed by atoms with van der Waals surface area (Å²) in [6.07, 6.45) is -0.644. The lowest BCUT2D eigenvalue weighted by Gasteiger charge is -2.20. The van der Waals surface area contributed by atoms with E-state index in [2.05, 4.69) is 5.32 Å². The van der Waals surface area contributed by atoms with Crippen molar-refractivity contribution >= 4 is 18.3 Å². The van der Waals surface area contributed by atoms with Gasteiger partial charge in [-0.1, -0.05) is 24.6 Å². The van der Waals surface area contributed by atoms with Gasteiger partial charge in [0.2, 0.25) is 5.91 Å². The minimum absolute atomic E-state index is 0. The second-order valence-corrected chi connectivity index (χ2v) is 5.57. The molecule has 0 spiro atoms. The normalized spacial score (nSPS) is 16.0. The van der Waals surface area contributed by atoms with Crippen LogP contribution >= 0.6 is 12.4 Å². The molecule has 1 amide bonds. The quantitative estimate of drug-likeness (QED) is 0.823. The average Bonchev–Trinajstić information content (AvgIpc) is 2.68. The number of nitrogens with zero attached hydrogens (tertiary/aromatic N) is 1. The second kappa shape index (κ2) is 9.13. The van der Waals surface area contributed by atoms with Crippen LogP contribution < -0.4 is 5.32 Å². The SMILES string of the molecule is Cl.O=C1CCCCCN1CCNCc1cccc(C(F)(F)F)c1. The van der Waals surface area contributed by atoms with E-state index in [1.165, 1.54) is 6.07 Å². The van der Waals surface area contributed by atoms with Gasteiger partial charge in [0.15, 0.2) is 0 Å². The summed E-state index contributed by atoms with van der Waals surface area (Å²) in [5.74, 6) is 0.179. The van der Waals surface area contributed by atoms with Crippen LogP contribution in [0, 0.1) is 0 Å². The summed E-state index contributed by atoms with van der Waals surface area (Å²) in [6, 6.07) is 5.31. The number of rotatable bonds is 5. The molecule has 0 atom stereocenters. The number of hydrogen-bond acceptors (Lipinski definition) is 2. The molecule has 3 nitrogen and oxygen atoms in total. The highest BCUT2D eigenvalue weighted by molar-refractivity contribution is 5.85. The standard InChI is InChI=1S/C16H21F3N2O.ClH/c17-16(18,19)14-6-4-5-13(11-14)12-20-8-10-21-9-3-1-2-7-15(21)22;/h4-6,11,20H,1-3,7-10,12H2;1H. The average molecular weight is 351 g/mol. The number of benzene rings is 1.